The first-order valence-electron chi connectivity index (χ1n) is 7.91. The second-order valence-electron chi connectivity index (χ2n) is 6.67. The Kier molecular flexibility index (Phi) is 9.82. The number of esters is 1. The molecular formula is C16H29Cl2N3O2. The van der Waals surface area contributed by atoms with Crippen molar-refractivity contribution < 1.29 is 9.53 Å². The van der Waals surface area contributed by atoms with Crippen LogP contribution in [0.25, 0.3) is 0 Å². The number of aromatic nitrogens is 2. The third-order valence-electron chi connectivity index (χ3n) is 4.52. The fourth-order valence-electron chi connectivity index (χ4n) is 3.20. The Morgan fingerprint density at radius 1 is 1.43 bits per heavy atom. The van der Waals surface area contributed by atoms with Crippen LogP contribution in [0.4, 0.5) is 0 Å². The number of carbonyl (C=O) groups is 1. The number of nitrogens with zero attached hydrogens (tertiary/aromatic N) is 1. The van der Waals surface area contributed by atoms with E-state index in [1.807, 2.05) is 0 Å². The van der Waals surface area contributed by atoms with Gasteiger partial charge in [-0.15, -0.1) is 24.8 Å². The Balaban J connectivity index is 0.00000242. The molecule has 1 aliphatic carbocycles. The van der Waals surface area contributed by atoms with Gasteiger partial charge in [-0.05, 0) is 30.6 Å². The van der Waals surface area contributed by atoms with Crippen molar-refractivity contribution in [1.29, 1.82) is 0 Å². The summed E-state index contributed by atoms with van der Waals surface area (Å²) in [6, 6.07) is -0.640. The van der Waals surface area contributed by atoms with Gasteiger partial charge < -0.3 is 15.5 Å². The summed E-state index contributed by atoms with van der Waals surface area (Å²) < 4.78 is 5.74. The van der Waals surface area contributed by atoms with Gasteiger partial charge in [0.1, 0.15) is 12.1 Å². The number of H-pyrrole nitrogens is 1. The van der Waals surface area contributed by atoms with Gasteiger partial charge in [0.25, 0.3) is 0 Å². The first-order chi connectivity index (χ1) is 9.97. The van der Waals surface area contributed by atoms with Gasteiger partial charge >= 0.3 is 5.97 Å². The highest BCUT2D eigenvalue weighted by Crippen LogP contribution is 2.35. The van der Waals surface area contributed by atoms with Crippen molar-refractivity contribution in [2.75, 3.05) is 0 Å². The molecule has 1 saturated carbocycles. The van der Waals surface area contributed by atoms with Crippen LogP contribution in [0.3, 0.4) is 0 Å². The fourth-order valence-corrected chi connectivity index (χ4v) is 3.20. The van der Waals surface area contributed by atoms with E-state index in [0.29, 0.717) is 24.2 Å². The summed E-state index contributed by atoms with van der Waals surface area (Å²) in [4.78, 5) is 19.2. The number of hydrogen-bond acceptors (Lipinski definition) is 4. The van der Waals surface area contributed by atoms with Crippen molar-refractivity contribution in [3.63, 3.8) is 0 Å². The normalized spacial score (nSPS) is 25.2. The van der Waals surface area contributed by atoms with Gasteiger partial charge in [-0.3, -0.25) is 4.79 Å². The number of aromatic amines is 1. The van der Waals surface area contributed by atoms with Crippen molar-refractivity contribution in [1.82, 2.24) is 9.97 Å². The molecule has 1 heterocycles. The smallest absolute Gasteiger partial charge is 0.323 e. The molecule has 3 N–H and O–H groups in total. The number of nitrogens with two attached hydrogens (primary N) is 1. The van der Waals surface area contributed by atoms with Crippen molar-refractivity contribution in [2.24, 2.45) is 23.5 Å². The molecule has 23 heavy (non-hydrogen) atoms. The number of hydrogen-bond donors (Lipinski definition) is 2. The number of halogens is 2. The summed E-state index contributed by atoms with van der Waals surface area (Å²) in [6.45, 7) is 6.62. The summed E-state index contributed by atoms with van der Waals surface area (Å²) in [5.41, 5.74) is 6.74. The molecule has 3 unspecified atom stereocenters. The highest BCUT2D eigenvalue weighted by Gasteiger charge is 2.34. The predicted molar refractivity (Wildman–Crippen MR) is 96.0 cm³/mol. The second kappa shape index (κ2) is 10.2. The number of carbonyl (C=O) groups excluding carboxylic acids is 1. The predicted octanol–water partition coefficient (Wildman–Crippen LogP) is 3.13. The molecule has 0 bridgehead atoms. The average Bonchev–Trinajstić information content (AvgIpc) is 2.91. The van der Waals surface area contributed by atoms with Crippen molar-refractivity contribution in [3.8, 4) is 0 Å². The number of ether oxygens (including phenoxy) is 1. The van der Waals surface area contributed by atoms with Gasteiger partial charge in [0.15, 0.2) is 0 Å². The van der Waals surface area contributed by atoms with Crippen LogP contribution in [0.2, 0.25) is 0 Å². The maximum absolute atomic E-state index is 12.2. The Bertz CT molecular complexity index is 454. The van der Waals surface area contributed by atoms with Crippen LogP contribution in [-0.2, 0) is 16.0 Å². The van der Waals surface area contributed by atoms with Crippen LogP contribution in [0.5, 0.6) is 0 Å². The van der Waals surface area contributed by atoms with Gasteiger partial charge in [-0.1, -0.05) is 27.2 Å². The molecule has 7 heteroatoms. The number of rotatable bonds is 5. The van der Waals surface area contributed by atoms with E-state index in [9.17, 15) is 4.79 Å². The molecule has 4 atom stereocenters. The van der Waals surface area contributed by atoms with E-state index in [1.54, 1.807) is 12.5 Å². The topological polar surface area (TPSA) is 81.0 Å². The van der Waals surface area contributed by atoms with E-state index in [1.165, 1.54) is 6.42 Å². The van der Waals surface area contributed by atoms with Gasteiger partial charge in [0.05, 0.1) is 12.0 Å². The van der Waals surface area contributed by atoms with Crippen LogP contribution in [0.1, 0.15) is 45.7 Å². The summed E-state index contributed by atoms with van der Waals surface area (Å²) in [5.74, 6) is 1.28. The third kappa shape index (κ3) is 6.32. The van der Waals surface area contributed by atoms with E-state index in [0.717, 1.165) is 18.5 Å². The first kappa shape index (κ1) is 22.2. The Morgan fingerprint density at radius 3 is 2.70 bits per heavy atom. The molecular weight excluding hydrogens is 337 g/mol. The minimum absolute atomic E-state index is 0. The molecule has 5 nitrogen and oxygen atoms in total. The zero-order chi connectivity index (χ0) is 15.4. The molecule has 1 aromatic heterocycles. The number of nitrogens with one attached hydrogen (secondary N) is 1. The molecule has 0 aromatic carbocycles. The van der Waals surface area contributed by atoms with E-state index >= 15 is 0 Å². The van der Waals surface area contributed by atoms with E-state index in [4.69, 9.17) is 10.5 Å². The molecule has 0 radical (unpaired) electrons. The van der Waals surface area contributed by atoms with Crippen LogP contribution < -0.4 is 5.73 Å². The molecule has 134 valence electrons. The summed E-state index contributed by atoms with van der Waals surface area (Å²) in [5, 5.41) is 0. The lowest BCUT2D eigenvalue weighted by molar-refractivity contribution is -0.157. The van der Waals surface area contributed by atoms with Crippen molar-refractivity contribution in [3.05, 3.63) is 18.2 Å². The minimum Gasteiger partial charge on any atom is -0.461 e. The first-order valence-corrected chi connectivity index (χ1v) is 7.91. The largest absolute Gasteiger partial charge is 0.461 e. The molecule has 0 aliphatic heterocycles. The van der Waals surface area contributed by atoms with Gasteiger partial charge in [0, 0.05) is 12.6 Å². The molecule has 0 spiro atoms. The fraction of sp³-hybridized carbons (Fsp3) is 0.750. The van der Waals surface area contributed by atoms with Crippen molar-refractivity contribution in [2.45, 2.75) is 58.6 Å². The standard InChI is InChI=1S/C16H27N3O2.2ClH/c1-10(2)13-5-4-11(3)6-15(13)21-16(20)14(17)7-12-8-18-9-19-12;;/h8-11,13-15H,4-7,17H2,1-3H3,(H,18,19);2*1H/t11?,13?,14-,15?;;/m0../s1. The van der Waals surface area contributed by atoms with Gasteiger partial charge in [-0.2, -0.15) is 0 Å². The van der Waals surface area contributed by atoms with E-state index < -0.39 is 6.04 Å². The van der Waals surface area contributed by atoms with E-state index in [-0.39, 0.29) is 36.9 Å². The summed E-state index contributed by atoms with van der Waals surface area (Å²) in [7, 11) is 0. The lowest BCUT2D eigenvalue weighted by Gasteiger charge is -2.37. The molecule has 1 aromatic rings. The zero-order valence-electron chi connectivity index (χ0n) is 14.0. The summed E-state index contributed by atoms with van der Waals surface area (Å²) in [6.07, 6.45) is 7.06. The van der Waals surface area contributed by atoms with Gasteiger partial charge in [-0.25, -0.2) is 4.98 Å². The number of imidazole rings is 1. The molecule has 1 aliphatic rings. The Hall–Kier alpha value is -0.780. The monoisotopic (exact) mass is 365 g/mol. The lowest BCUT2D eigenvalue weighted by Crippen LogP contribution is -2.41. The summed E-state index contributed by atoms with van der Waals surface area (Å²) >= 11 is 0. The Morgan fingerprint density at radius 2 is 2.13 bits per heavy atom. The van der Waals surface area contributed by atoms with Crippen LogP contribution in [0, 0.1) is 17.8 Å². The average molecular weight is 366 g/mol. The highest BCUT2D eigenvalue weighted by atomic mass is 35.5. The van der Waals surface area contributed by atoms with Crippen LogP contribution in [0.15, 0.2) is 12.5 Å². The molecule has 0 saturated heterocycles. The van der Waals surface area contributed by atoms with Crippen LogP contribution in [-0.4, -0.2) is 28.1 Å². The second-order valence-corrected chi connectivity index (χ2v) is 6.67. The van der Waals surface area contributed by atoms with Gasteiger partial charge in [0.2, 0.25) is 0 Å². The van der Waals surface area contributed by atoms with Crippen LogP contribution >= 0.6 is 24.8 Å². The maximum Gasteiger partial charge on any atom is 0.323 e. The quantitative estimate of drug-likeness (QED) is 0.785. The molecule has 0 amide bonds. The molecule has 2 rings (SSSR count). The third-order valence-corrected chi connectivity index (χ3v) is 4.52. The lowest BCUT2D eigenvalue weighted by atomic mass is 9.75. The maximum atomic E-state index is 12.2. The Labute approximate surface area is 151 Å². The highest BCUT2D eigenvalue weighted by molar-refractivity contribution is 5.85. The van der Waals surface area contributed by atoms with Crippen molar-refractivity contribution >= 4 is 30.8 Å². The molecule has 1 fully saturated rings. The van der Waals surface area contributed by atoms with E-state index in [2.05, 4.69) is 30.7 Å². The minimum atomic E-state index is -0.640. The SMILES string of the molecule is CC1CCC(C(C)C)C(OC(=O)[C@@H](N)Cc2c[nH]cn2)C1.Cl.Cl. The zero-order valence-corrected chi connectivity index (χ0v) is 15.7.